The summed E-state index contributed by atoms with van der Waals surface area (Å²) in [6.45, 7) is 6.02. The van der Waals surface area contributed by atoms with E-state index in [0.29, 0.717) is 4.48 Å². The van der Waals surface area contributed by atoms with Gasteiger partial charge in [-0.15, -0.1) is 0 Å². The summed E-state index contributed by atoms with van der Waals surface area (Å²) in [5.74, 6) is 0. The fourth-order valence-electron chi connectivity index (χ4n) is 1.70. The van der Waals surface area contributed by atoms with Crippen LogP contribution in [-0.2, 0) is 0 Å². The summed E-state index contributed by atoms with van der Waals surface area (Å²) < 4.78 is 0.699. The molecule has 0 spiro atoms. The highest BCUT2D eigenvalue weighted by Crippen LogP contribution is 2.18. The number of unbranched alkanes of at least 4 members (excludes halogenated alkanes) is 1. The van der Waals surface area contributed by atoms with Crippen molar-refractivity contribution in [3.05, 3.63) is 24.4 Å². The average molecular weight is 182 g/mol. The number of aliphatic hydroxyl groups excluding tert-OH is 1. The quantitative estimate of drug-likeness (QED) is 0.660. The molecule has 1 N–H and O–H groups in total. The Kier molecular flexibility index (Phi) is 3.70. The Hall–Kier alpha value is -0.600. The number of quaternary nitrogens is 1. The lowest BCUT2D eigenvalue weighted by molar-refractivity contribution is -0.919. The smallest absolute Gasteiger partial charge is 0.192 e. The van der Waals surface area contributed by atoms with Crippen LogP contribution in [0.15, 0.2) is 24.4 Å². The van der Waals surface area contributed by atoms with E-state index in [2.05, 4.69) is 19.2 Å². The topological polar surface area (TPSA) is 20.2 Å². The van der Waals surface area contributed by atoms with Gasteiger partial charge in [-0.3, -0.25) is 4.48 Å². The second-order valence-corrected chi connectivity index (χ2v) is 3.76. The maximum absolute atomic E-state index is 9.74. The number of nitrogens with zero attached hydrogens (tertiary/aromatic N) is 1. The van der Waals surface area contributed by atoms with Crippen LogP contribution in [0, 0.1) is 0 Å². The van der Waals surface area contributed by atoms with Crippen molar-refractivity contribution >= 4 is 0 Å². The fraction of sp³-hybridized carbons (Fsp3) is 0.636. The van der Waals surface area contributed by atoms with Gasteiger partial charge in [0, 0.05) is 6.92 Å². The molecule has 0 aliphatic carbocycles. The zero-order chi connectivity index (χ0) is 9.73. The Morgan fingerprint density at radius 1 is 1.46 bits per heavy atom. The standard InChI is InChI=1S/C11H20NO/c1-3-4-8-12(11(2)13)9-6-5-7-10-12/h5-7,9,11,13H,3-4,8,10H2,1-2H3/q+1. The maximum Gasteiger partial charge on any atom is 0.192 e. The third-order valence-corrected chi connectivity index (χ3v) is 2.75. The molecule has 13 heavy (non-hydrogen) atoms. The van der Waals surface area contributed by atoms with Crippen LogP contribution >= 0.6 is 0 Å². The minimum atomic E-state index is -0.298. The summed E-state index contributed by atoms with van der Waals surface area (Å²) >= 11 is 0. The Balaban J connectivity index is 2.64. The number of aliphatic hydroxyl groups is 1. The minimum absolute atomic E-state index is 0.298. The molecular weight excluding hydrogens is 162 g/mol. The van der Waals surface area contributed by atoms with Crippen LogP contribution in [0.1, 0.15) is 26.7 Å². The Labute approximate surface area is 80.8 Å². The van der Waals surface area contributed by atoms with Gasteiger partial charge in [-0.25, -0.2) is 0 Å². The summed E-state index contributed by atoms with van der Waals surface area (Å²) in [5, 5.41) is 9.74. The Morgan fingerprint density at radius 2 is 2.23 bits per heavy atom. The fourth-order valence-corrected chi connectivity index (χ4v) is 1.70. The minimum Gasteiger partial charge on any atom is -0.345 e. The van der Waals surface area contributed by atoms with Crippen molar-refractivity contribution in [1.29, 1.82) is 0 Å². The Bertz CT molecular complexity index is 208. The van der Waals surface area contributed by atoms with Gasteiger partial charge in [-0.2, -0.15) is 0 Å². The molecule has 1 heterocycles. The van der Waals surface area contributed by atoms with Gasteiger partial charge in [0.2, 0.25) is 0 Å². The molecule has 1 aliphatic rings. The van der Waals surface area contributed by atoms with Crippen LogP contribution in [0.5, 0.6) is 0 Å². The van der Waals surface area contributed by atoms with E-state index in [1.165, 1.54) is 12.8 Å². The van der Waals surface area contributed by atoms with Crippen molar-refractivity contribution in [2.75, 3.05) is 13.1 Å². The first-order chi connectivity index (χ1) is 6.21. The van der Waals surface area contributed by atoms with Gasteiger partial charge >= 0.3 is 0 Å². The van der Waals surface area contributed by atoms with E-state index < -0.39 is 0 Å². The van der Waals surface area contributed by atoms with Crippen LogP contribution in [0.3, 0.4) is 0 Å². The molecule has 2 heteroatoms. The molecular formula is C11H20NO+. The molecule has 0 bridgehead atoms. The van der Waals surface area contributed by atoms with Gasteiger partial charge < -0.3 is 5.11 Å². The van der Waals surface area contributed by atoms with Crippen molar-refractivity contribution in [2.24, 2.45) is 0 Å². The van der Waals surface area contributed by atoms with Crippen LogP contribution in [0.2, 0.25) is 0 Å². The van der Waals surface area contributed by atoms with Crippen molar-refractivity contribution < 1.29 is 9.59 Å². The second-order valence-electron chi connectivity index (χ2n) is 3.76. The predicted octanol–water partition coefficient (Wildman–Crippen LogP) is 2.03. The lowest BCUT2D eigenvalue weighted by Crippen LogP contribution is -2.51. The summed E-state index contributed by atoms with van der Waals surface area (Å²) in [6.07, 6.45) is 10.4. The summed E-state index contributed by atoms with van der Waals surface area (Å²) in [6, 6.07) is 0. The molecule has 2 nitrogen and oxygen atoms in total. The summed E-state index contributed by atoms with van der Waals surface area (Å²) in [4.78, 5) is 0. The normalized spacial score (nSPS) is 29.2. The van der Waals surface area contributed by atoms with E-state index in [4.69, 9.17) is 0 Å². The molecule has 0 aromatic heterocycles. The molecule has 1 rings (SSSR count). The maximum atomic E-state index is 9.74. The molecule has 0 amide bonds. The lowest BCUT2D eigenvalue weighted by atomic mass is 10.2. The van der Waals surface area contributed by atoms with E-state index in [1.54, 1.807) is 0 Å². The molecule has 0 saturated carbocycles. The first-order valence-corrected chi connectivity index (χ1v) is 5.10. The number of allylic oxidation sites excluding steroid dienone is 2. The van der Waals surface area contributed by atoms with Crippen LogP contribution in [0.25, 0.3) is 0 Å². The average Bonchev–Trinajstić information content (AvgIpc) is 2.16. The largest absolute Gasteiger partial charge is 0.345 e. The molecule has 74 valence electrons. The van der Waals surface area contributed by atoms with Gasteiger partial charge in [-0.1, -0.05) is 19.4 Å². The van der Waals surface area contributed by atoms with Gasteiger partial charge in [0.1, 0.15) is 6.54 Å². The van der Waals surface area contributed by atoms with E-state index in [0.717, 1.165) is 13.1 Å². The molecule has 0 fully saturated rings. The third-order valence-electron chi connectivity index (χ3n) is 2.75. The highest BCUT2D eigenvalue weighted by molar-refractivity contribution is 5.04. The van der Waals surface area contributed by atoms with E-state index in [1.807, 2.05) is 19.1 Å². The first kappa shape index (κ1) is 10.5. The molecule has 2 unspecified atom stereocenters. The zero-order valence-electron chi connectivity index (χ0n) is 8.61. The highest BCUT2D eigenvalue weighted by atomic mass is 16.3. The van der Waals surface area contributed by atoms with Crippen molar-refractivity contribution in [3.63, 3.8) is 0 Å². The van der Waals surface area contributed by atoms with Crippen molar-refractivity contribution in [1.82, 2.24) is 0 Å². The Morgan fingerprint density at radius 3 is 2.69 bits per heavy atom. The number of hydrogen-bond acceptors (Lipinski definition) is 1. The molecule has 0 radical (unpaired) electrons. The number of rotatable bonds is 4. The van der Waals surface area contributed by atoms with Gasteiger partial charge in [-0.05, 0) is 18.6 Å². The van der Waals surface area contributed by atoms with E-state index in [-0.39, 0.29) is 6.23 Å². The van der Waals surface area contributed by atoms with Crippen LogP contribution < -0.4 is 0 Å². The summed E-state index contributed by atoms with van der Waals surface area (Å²) in [5.41, 5.74) is 0. The molecule has 1 aliphatic heterocycles. The van der Waals surface area contributed by atoms with E-state index in [9.17, 15) is 5.11 Å². The highest BCUT2D eigenvalue weighted by Gasteiger charge is 2.29. The predicted molar refractivity (Wildman–Crippen MR) is 54.9 cm³/mol. The summed E-state index contributed by atoms with van der Waals surface area (Å²) in [7, 11) is 0. The van der Waals surface area contributed by atoms with Gasteiger partial charge in [0.25, 0.3) is 0 Å². The third kappa shape index (κ3) is 2.42. The van der Waals surface area contributed by atoms with Crippen molar-refractivity contribution in [3.8, 4) is 0 Å². The molecule has 0 saturated heterocycles. The molecule has 0 aromatic rings. The first-order valence-electron chi connectivity index (χ1n) is 5.10. The molecule has 0 aromatic carbocycles. The second kappa shape index (κ2) is 4.58. The SMILES string of the molecule is CCCC[N+]1(C(C)O)C=CC=CC1. The van der Waals surface area contributed by atoms with Crippen LogP contribution in [0.4, 0.5) is 0 Å². The van der Waals surface area contributed by atoms with Crippen molar-refractivity contribution in [2.45, 2.75) is 32.9 Å². The lowest BCUT2D eigenvalue weighted by Gasteiger charge is -2.37. The van der Waals surface area contributed by atoms with Gasteiger partial charge in [0.15, 0.2) is 6.23 Å². The van der Waals surface area contributed by atoms with Gasteiger partial charge in [0.05, 0.1) is 12.7 Å². The number of hydrogen-bond donors (Lipinski definition) is 1. The molecule has 2 atom stereocenters. The van der Waals surface area contributed by atoms with Crippen LogP contribution in [-0.4, -0.2) is 28.9 Å². The van der Waals surface area contributed by atoms with E-state index >= 15 is 0 Å². The monoisotopic (exact) mass is 182 g/mol. The zero-order valence-corrected chi connectivity index (χ0v) is 8.61.